The molecule has 4 rings (SSSR count). The number of amides is 1. The number of unbranched alkanes of at least 4 members (excludes halogenated alkanes) is 8. The lowest BCUT2D eigenvalue weighted by Gasteiger charge is -1.99. The molecular weight excluding hydrogens is 448 g/mol. The highest BCUT2D eigenvalue weighted by atomic mass is 16.5. The number of aromatic amines is 3. The number of hydrogen-bond donors (Lipinski definition) is 4. The summed E-state index contributed by atoms with van der Waals surface area (Å²) in [6.45, 7) is 2.26. The third kappa shape index (κ3) is 6.51. The number of H-pyrrole nitrogens is 3. The first-order chi connectivity index (χ1) is 17.6. The first-order valence-corrected chi connectivity index (χ1v) is 13.1. The van der Waals surface area contributed by atoms with Gasteiger partial charge < -0.3 is 25.4 Å². The van der Waals surface area contributed by atoms with E-state index in [1.165, 1.54) is 51.4 Å². The minimum atomic E-state index is -0.432. The van der Waals surface area contributed by atoms with Crippen LogP contribution in [0.5, 0.6) is 5.75 Å². The van der Waals surface area contributed by atoms with Crippen molar-refractivity contribution in [2.75, 3.05) is 7.11 Å². The number of primary amides is 1. The zero-order valence-electron chi connectivity index (χ0n) is 21.5. The maximum Gasteiger partial charge on any atom is 0.248 e. The monoisotopic (exact) mass is 486 g/mol. The van der Waals surface area contributed by atoms with Crippen LogP contribution >= 0.6 is 0 Å². The molecule has 0 aliphatic heterocycles. The first-order valence-electron chi connectivity index (χ1n) is 13.1. The summed E-state index contributed by atoms with van der Waals surface area (Å²) in [7, 11) is 1.67. The van der Waals surface area contributed by atoms with Gasteiger partial charge in [-0.2, -0.15) is 0 Å². The average molecular weight is 487 g/mol. The Morgan fingerprint density at radius 1 is 0.861 bits per heavy atom. The highest BCUT2D eigenvalue weighted by molar-refractivity contribution is 5.98. The Morgan fingerprint density at radius 3 is 2.33 bits per heavy atom. The van der Waals surface area contributed by atoms with Gasteiger partial charge in [-0.25, -0.2) is 0 Å². The molecule has 4 aromatic rings. The van der Waals surface area contributed by atoms with E-state index >= 15 is 0 Å². The second-order valence-electron chi connectivity index (χ2n) is 9.50. The van der Waals surface area contributed by atoms with Gasteiger partial charge in [0, 0.05) is 33.2 Å². The van der Waals surface area contributed by atoms with E-state index in [4.69, 9.17) is 10.5 Å². The van der Waals surface area contributed by atoms with Crippen LogP contribution in [0.2, 0.25) is 0 Å². The van der Waals surface area contributed by atoms with Gasteiger partial charge in [-0.1, -0.05) is 57.9 Å². The summed E-state index contributed by atoms with van der Waals surface area (Å²) >= 11 is 0. The van der Waals surface area contributed by atoms with E-state index in [9.17, 15) is 4.79 Å². The first kappa shape index (κ1) is 25.4. The number of ether oxygens (including phenoxy) is 1. The maximum atomic E-state index is 11.5. The van der Waals surface area contributed by atoms with E-state index in [0.29, 0.717) is 5.56 Å². The lowest BCUT2D eigenvalue weighted by Crippen LogP contribution is -2.10. The molecule has 190 valence electrons. The Kier molecular flexibility index (Phi) is 8.71. The number of benzene rings is 1. The molecule has 6 nitrogen and oxygen atoms in total. The molecule has 0 radical (unpaired) electrons. The third-order valence-electron chi connectivity index (χ3n) is 6.68. The number of hydrogen-bond acceptors (Lipinski definition) is 2. The van der Waals surface area contributed by atoms with E-state index in [2.05, 4.69) is 46.2 Å². The minimum absolute atomic E-state index is 0.432. The molecule has 0 bridgehead atoms. The lowest BCUT2D eigenvalue weighted by molar-refractivity contribution is 0.100. The van der Waals surface area contributed by atoms with Crippen molar-refractivity contribution in [3.8, 4) is 17.1 Å². The Balaban J connectivity index is 1.42. The van der Waals surface area contributed by atoms with Gasteiger partial charge in [0.25, 0.3) is 0 Å². The summed E-state index contributed by atoms with van der Waals surface area (Å²) in [5, 5.41) is 3.10. The van der Waals surface area contributed by atoms with Crippen LogP contribution in [0.15, 0.2) is 42.5 Å². The van der Waals surface area contributed by atoms with Crippen LogP contribution < -0.4 is 21.2 Å². The average Bonchev–Trinajstić information content (AvgIpc) is 3.60. The van der Waals surface area contributed by atoms with Crippen molar-refractivity contribution in [3.05, 3.63) is 64.4 Å². The number of aromatic nitrogens is 3. The molecule has 0 saturated carbocycles. The molecule has 0 aliphatic carbocycles. The number of rotatable bonds is 13. The van der Waals surface area contributed by atoms with E-state index in [-0.39, 0.29) is 0 Å². The molecule has 36 heavy (non-hydrogen) atoms. The van der Waals surface area contributed by atoms with Crippen molar-refractivity contribution in [2.45, 2.75) is 64.7 Å². The zero-order chi connectivity index (χ0) is 25.3. The highest BCUT2D eigenvalue weighted by Crippen LogP contribution is 2.29. The fourth-order valence-corrected chi connectivity index (χ4v) is 4.63. The molecule has 1 amide bonds. The van der Waals surface area contributed by atoms with E-state index < -0.39 is 5.91 Å². The maximum absolute atomic E-state index is 11.5. The predicted molar refractivity (Wildman–Crippen MR) is 148 cm³/mol. The Labute approximate surface area is 212 Å². The molecule has 0 fully saturated rings. The van der Waals surface area contributed by atoms with Crippen molar-refractivity contribution in [1.29, 1.82) is 0 Å². The summed E-state index contributed by atoms with van der Waals surface area (Å²) in [6.07, 6.45) is 16.2. The second kappa shape index (κ2) is 12.3. The van der Waals surface area contributed by atoms with Crippen molar-refractivity contribution < 1.29 is 9.53 Å². The summed E-state index contributed by atoms with van der Waals surface area (Å²) < 4.78 is 5.63. The van der Waals surface area contributed by atoms with Crippen LogP contribution in [0.4, 0.5) is 0 Å². The largest absolute Gasteiger partial charge is 0.494 e. The molecule has 3 aromatic heterocycles. The van der Waals surface area contributed by atoms with Gasteiger partial charge in [-0.3, -0.25) is 4.79 Å². The highest BCUT2D eigenvalue weighted by Gasteiger charge is 2.12. The molecule has 3 heterocycles. The van der Waals surface area contributed by atoms with Crippen molar-refractivity contribution in [3.63, 3.8) is 0 Å². The number of carbonyl (C=O) groups is 1. The van der Waals surface area contributed by atoms with Crippen LogP contribution in [0.1, 0.15) is 80.8 Å². The van der Waals surface area contributed by atoms with Crippen LogP contribution in [0.25, 0.3) is 34.4 Å². The van der Waals surface area contributed by atoms with Gasteiger partial charge in [0.15, 0.2) is 0 Å². The molecule has 5 N–H and O–H groups in total. The summed E-state index contributed by atoms with van der Waals surface area (Å²) in [5.74, 6) is 0.332. The van der Waals surface area contributed by atoms with Gasteiger partial charge in [0.1, 0.15) is 5.75 Å². The summed E-state index contributed by atoms with van der Waals surface area (Å²) in [5.41, 5.74) is 9.56. The Hall–Kier alpha value is -3.67. The number of nitrogens with one attached hydrogen (secondary N) is 3. The number of nitrogens with two attached hydrogens (primary N) is 1. The molecule has 1 aromatic carbocycles. The van der Waals surface area contributed by atoms with Crippen LogP contribution in [0, 0.1) is 0 Å². The number of fused-ring (bicyclic) bond motifs is 1. The molecule has 0 spiro atoms. The van der Waals surface area contributed by atoms with E-state index in [1.807, 2.05) is 18.2 Å². The van der Waals surface area contributed by atoms with Gasteiger partial charge in [0.05, 0.1) is 24.2 Å². The van der Waals surface area contributed by atoms with Gasteiger partial charge in [0.2, 0.25) is 5.91 Å². The Bertz CT molecular complexity index is 1410. The molecule has 0 saturated heterocycles. The van der Waals surface area contributed by atoms with Gasteiger partial charge in [-0.05, 0) is 55.3 Å². The van der Waals surface area contributed by atoms with Crippen molar-refractivity contribution >= 4 is 29.0 Å². The third-order valence-corrected chi connectivity index (χ3v) is 6.68. The van der Waals surface area contributed by atoms with Gasteiger partial charge >= 0.3 is 0 Å². The number of carbonyl (C=O) groups excluding carboxylic acids is 1. The zero-order valence-corrected chi connectivity index (χ0v) is 21.5. The number of methoxy groups -OCH3 is 1. The molecule has 0 aliphatic rings. The molecular formula is C30H38N4O2. The molecule has 0 atom stereocenters. The van der Waals surface area contributed by atoms with Crippen LogP contribution in [-0.2, 0) is 0 Å². The van der Waals surface area contributed by atoms with E-state index in [0.717, 1.165) is 50.9 Å². The fraction of sp³-hybridized carbons (Fsp3) is 0.367. The van der Waals surface area contributed by atoms with Crippen LogP contribution in [-0.4, -0.2) is 28.0 Å². The summed E-state index contributed by atoms with van der Waals surface area (Å²) in [6, 6.07) is 13.6. The molecule has 0 unspecified atom stereocenters. The minimum Gasteiger partial charge on any atom is -0.494 e. The fourth-order valence-electron chi connectivity index (χ4n) is 4.63. The van der Waals surface area contributed by atoms with Crippen molar-refractivity contribution in [2.24, 2.45) is 5.73 Å². The predicted octanol–water partition coefficient (Wildman–Crippen LogP) is 5.74. The molecule has 6 heteroatoms. The SMILES string of the molecule is CCCCCCCCCCC=c1ccc(=Cc2[nH]c(-c3cc4cc(C(N)=O)ccc4[nH]3)cc2OC)[nH]1. The topological polar surface area (TPSA) is 99.7 Å². The second-order valence-corrected chi connectivity index (χ2v) is 9.50. The van der Waals surface area contributed by atoms with Gasteiger partial charge in [-0.15, -0.1) is 0 Å². The quantitative estimate of drug-likeness (QED) is 0.181. The summed E-state index contributed by atoms with van der Waals surface area (Å²) in [4.78, 5) is 21.8. The standard InChI is InChI=1S/C30H38N4O2/c1-3-4-5-6-7-8-9-10-11-12-23-14-15-24(32-23)19-28-29(36-2)20-27(34-28)26-18-22-17-21(30(31)35)13-16-25(22)33-26/h12-20,32-34H,3-11H2,1-2H3,(H2,31,35). The van der Waals surface area contributed by atoms with E-state index in [1.54, 1.807) is 19.2 Å². The smallest absolute Gasteiger partial charge is 0.248 e. The van der Waals surface area contributed by atoms with Crippen molar-refractivity contribution in [1.82, 2.24) is 15.0 Å². The van der Waals surface area contributed by atoms with Crippen LogP contribution in [0.3, 0.4) is 0 Å². The Morgan fingerprint density at radius 2 is 1.58 bits per heavy atom. The normalized spacial score (nSPS) is 12.6. The lowest BCUT2D eigenvalue weighted by atomic mass is 10.1.